The molecule has 2 heterocycles. The van der Waals surface area contributed by atoms with Crippen LogP contribution in [0.4, 0.5) is 10.9 Å². The van der Waals surface area contributed by atoms with Crippen molar-refractivity contribution in [2.45, 2.75) is 19.6 Å². The minimum absolute atomic E-state index is 0.0103. The molecule has 6 nitrogen and oxygen atoms in total. The zero-order valence-corrected chi connectivity index (χ0v) is 19.4. The normalized spacial score (nSPS) is 13.5. The number of hydrogen-bond acceptors (Lipinski definition) is 5. The van der Waals surface area contributed by atoms with Crippen LogP contribution in [0.15, 0.2) is 91.0 Å². The first-order valence-electron chi connectivity index (χ1n) is 11.1. The maximum Gasteiger partial charge on any atom is 0.268 e. The summed E-state index contributed by atoms with van der Waals surface area (Å²) in [7, 11) is 0. The highest BCUT2D eigenvalue weighted by molar-refractivity contribution is 7.18. The van der Waals surface area contributed by atoms with Gasteiger partial charge in [-0.15, -0.1) is 0 Å². The first-order chi connectivity index (χ1) is 16.7. The van der Waals surface area contributed by atoms with E-state index < -0.39 is 0 Å². The van der Waals surface area contributed by atoms with Crippen LogP contribution in [0.25, 0.3) is 0 Å². The summed E-state index contributed by atoms with van der Waals surface area (Å²) >= 11 is 1.30. The lowest BCUT2D eigenvalue weighted by Crippen LogP contribution is -2.39. The van der Waals surface area contributed by atoms with E-state index in [1.54, 1.807) is 9.80 Å². The standard InChI is InChI=1S/C27H24N4O2S/c32-23-19-30(17-21-12-6-2-7-13-21)26(33)24-25(31(23)18-22-14-8-3-9-15-22)29-27(34-24)28-16-20-10-4-1-5-11-20/h1-15H,16-19H2,(H,28,29). The second-order valence-electron chi connectivity index (χ2n) is 8.12. The average Bonchev–Trinajstić information content (AvgIpc) is 3.28. The largest absolute Gasteiger partial charge is 0.357 e. The molecule has 7 heteroatoms. The van der Waals surface area contributed by atoms with Crippen LogP contribution in [0, 0.1) is 0 Å². The van der Waals surface area contributed by atoms with Crippen LogP contribution < -0.4 is 10.2 Å². The molecule has 1 aromatic heterocycles. The van der Waals surface area contributed by atoms with Crippen LogP contribution >= 0.6 is 11.3 Å². The number of nitrogens with zero attached hydrogens (tertiary/aromatic N) is 3. The molecule has 0 saturated carbocycles. The Morgan fingerprint density at radius 1 is 0.765 bits per heavy atom. The quantitative estimate of drug-likeness (QED) is 0.417. The molecule has 4 aromatic rings. The van der Waals surface area contributed by atoms with E-state index in [4.69, 9.17) is 4.98 Å². The molecule has 0 spiro atoms. The summed E-state index contributed by atoms with van der Waals surface area (Å²) in [6.07, 6.45) is 0. The van der Waals surface area contributed by atoms with Crippen LogP contribution in [0.5, 0.6) is 0 Å². The summed E-state index contributed by atoms with van der Waals surface area (Å²) in [4.78, 5) is 35.4. The summed E-state index contributed by atoms with van der Waals surface area (Å²) in [6.45, 7) is 1.33. The van der Waals surface area contributed by atoms with Gasteiger partial charge in [0, 0.05) is 13.1 Å². The predicted molar refractivity (Wildman–Crippen MR) is 135 cm³/mol. The average molecular weight is 469 g/mol. The lowest BCUT2D eigenvalue weighted by atomic mass is 10.2. The zero-order valence-electron chi connectivity index (χ0n) is 18.6. The van der Waals surface area contributed by atoms with Crippen molar-refractivity contribution in [3.05, 3.63) is 113 Å². The number of anilines is 2. The van der Waals surface area contributed by atoms with Gasteiger partial charge in [-0.2, -0.15) is 0 Å². The second kappa shape index (κ2) is 9.89. The van der Waals surface area contributed by atoms with Crippen LogP contribution in [0.1, 0.15) is 26.4 Å². The van der Waals surface area contributed by atoms with Crippen LogP contribution in [-0.4, -0.2) is 28.2 Å². The topological polar surface area (TPSA) is 65.5 Å². The van der Waals surface area contributed by atoms with Crippen molar-refractivity contribution in [3.63, 3.8) is 0 Å². The van der Waals surface area contributed by atoms with Gasteiger partial charge in [-0.1, -0.05) is 102 Å². The molecule has 0 radical (unpaired) electrons. The first-order valence-corrected chi connectivity index (χ1v) is 11.9. The molecule has 2 amide bonds. The molecule has 0 saturated heterocycles. The van der Waals surface area contributed by atoms with Gasteiger partial charge in [-0.05, 0) is 16.7 Å². The van der Waals surface area contributed by atoms with Crippen molar-refractivity contribution in [2.24, 2.45) is 0 Å². The molecule has 1 aliphatic rings. The summed E-state index contributed by atoms with van der Waals surface area (Å²) in [6, 6.07) is 29.5. The molecule has 1 N–H and O–H groups in total. The Hall–Kier alpha value is -3.97. The molecular formula is C27H24N4O2S. The molecule has 0 atom stereocenters. The Morgan fingerprint density at radius 2 is 1.32 bits per heavy atom. The fourth-order valence-corrected chi connectivity index (χ4v) is 4.86. The van der Waals surface area contributed by atoms with E-state index >= 15 is 0 Å². The van der Waals surface area contributed by atoms with Crippen molar-refractivity contribution in [3.8, 4) is 0 Å². The molecular weight excluding hydrogens is 444 g/mol. The zero-order chi connectivity index (χ0) is 23.3. The molecule has 0 fully saturated rings. The number of hydrogen-bond donors (Lipinski definition) is 1. The van der Waals surface area contributed by atoms with Gasteiger partial charge in [0.25, 0.3) is 5.91 Å². The van der Waals surface area contributed by atoms with E-state index in [2.05, 4.69) is 5.32 Å². The molecule has 1 aliphatic heterocycles. The van der Waals surface area contributed by atoms with Crippen molar-refractivity contribution in [2.75, 3.05) is 16.8 Å². The predicted octanol–water partition coefficient (Wildman–Crippen LogP) is 4.94. The smallest absolute Gasteiger partial charge is 0.268 e. The minimum Gasteiger partial charge on any atom is -0.357 e. The summed E-state index contributed by atoms with van der Waals surface area (Å²) in [5.41, 5.74) is 3.08. The Bertz CT molecular complexity index is 1280. The van der Waals surface area contributed by atoms with Gasteiger partial charge in [0.1, 0.15) is 11.4 Å². The van der Waals surface area contributed by atoms with Crippen molar-refractivity contribution < 1.29 is 9.59 Å². The molecule has 34 heavy (non-hydrogen) atoms. The molecule has 170 valence electrons. The van der Waals surface area contributed by atoms with E-state index in [1.807, 2.05) is 91.0 Å². The van der Waals surface area contributed by atoms with Gasteiger partial charge in [-0.25, -0.2) is 4.98 Å². The number of nitrogens with one attached hydrogen (secondary N) is 1. The highest BCUT2D eigenvalue weighted by Crippen LogP contribution is 2.35. The highest BCUT2D eigenvalue weighted by atomic mass is 32.1. The lowest BCUT2D eigenvalue weighted by molar-refractivity contribution is -0.119. The number of carbonyl (C=O) groups is 2. The monoisotopic (exact) mass is 468 g/mol. The number of carbonyl (C=O) groups excluding carboxylic acids is 2. The minimum atomic E-state index is -0.173. The number of thiazole rings is 1. The summed E-state index contributed by atoms with van der Waals surface area (Å²) < 4.78 is 0. The van der Waals surface area contributed by atoms with Crippen LogP contribution in [0.2, 0.25) is 0 Å². The van der Waals surface area contributed by atoms with E-state index in [9.17, 15) is 9.59 Å². The Balaban J connectivity index is 1.47. The lowest BCUT2D eigenvalue weighted by Gasteiger charge is -2.22. The molecule has 0 bridgehead atoms. The fraction of sp³-hybridized carbons (Fsp3) is 0.148. The highest BCUT2D eigenvalue weighted by Gasteiger charge is 2.35. The van der Waals surface area contributed by atoms with Gasteiger partial charge < -0.3 is 10.2 Å². The Morgan fingerprint density at radius 3 is 1.94 bits per heavy atom. The maximum absolute atomic E-state index is 13.6. The number of fused-ring (bicyclic) bond motifs is 1. The van der Waals surface area contributed by atoms with Crippen LogP contribution in [-0.2, 0) is 24.4 Å². The second-order valence-corrected chi connectivity index (χ2v) is 9.12. The SMILES string of the molecule is O=C1c2sc(NCc3ccccc3)nc2N(Cc2ccccc2)C(=O)CN1Cc1ccccc1. The van der Waals surface area contributed by atoms with Crippen LogP contribution in [0.3, 0.4) is 0 Å². The molecule has 5 rings (SSSR count). The fourth-order valence-electron chi connectivity index (χ4n) is 3.93. The van der Waals surface area contributed by atoms with Gasteiger partial charge in [-0.3, -0.25) is 14.5 Å². The number of aromatic nitrogens is 1. The van der Waals surface area contributed by atoms with Crippen molar-refractivity contribution in [1.29, 1.82) is 0 Å². The molecule has 3 aromatic carbocycles. The van der Waals surface area contributed by atoms with Crippen molar-refractivity contribution in [1.82, 2.24) is 9.88 Å². The molecule has 0 unspecified atom stereocenters. The Kier molecular flexibility index (Phi) is 6.35. The number of rotatable bonds is 7. The van der Waals surface area contributed by atoms with Crippen molar-refractivity contribution >= 4 is 34.1 Å². The molecule has 0 aliphatic carbocycles. The summed E-state index contributed by atoms with van der Waals surface area (Å²) in [5, 5.41) is 3.94. The third-order valence-corrected chi connectivity index (χ3v) is 6.65. The van der Waals surface area contributed by atoms with E-state index in [1.165, 1.54) is 11.3 Å². The number of amides is 2. The van der Waals surface area contributed by atoms with E-state index in [-0.39, 0.29) is 18.4 Å². The van der Waals surface area contributed by atoms with Gasteiger partial charge in [0.15, 0.2) is 10.9 Å². The Labute approximate surface area is 202 Å². The van der Waals surface area contributed by atoms with E-state index in [0.29, 0.717) is 35.5 Å². The van der Waals surface area contributed by atoms with E-state index in [0.717, 1.165) is 16.7 Å². The third-order valence-electron chi connectivity index (χ3n) is 5.66. The summed E-state index contributed by atoms with van der Waals surface area (Å²) in [5.74, 6) is 0.106. The maximum atomic E-state index is 13.6. The van der Waals surface area contributed by atoms with Gasteiger partial charge >= 0.3 is 0 Å². The third kappa shape index (κ3) is 4.84. The first kappa shape index (κ1) is 21.9. The van der Waals surface area contributed by atoms with Gasteiger partial charge in [0.2, 0.25) is 5.91 Å². The number of benzene rings is 3. The van der Waals surface area contributed by atoms with Gasteiger partial charge in [0.05, 0.1) is 6.54 Å².